The molecule has 0 radical (unpaired) electrons. The summed E-state index contributed by atoms with van der Waals surface area (Å²) in [6.07, 6.45) is 2.42. The maximum absolute atomic E-state index is 13.4. The lowest BCUT2D eigenvalue weighted by atomic mass is 10.00. The number of hydrogen-bond donors (Lipinski definition) is 1. The molecule has 182 valence electrons. The minimum atomic E-state index is -3.98. The van der Waals surface area contributed by atoms with Crippen LogP contribution < -0.4 is 9.46 Å². The van der Waals surface area contributed by atoms with Crippen molar-refractivity contribution in [2.45, 2.75) is 17.9 Å². The fourth-order valence-electron chi connectivity index (χ4n) is 3.86. The van der Waals surface area contributed by atoms with Gasteiger partial charge in [-0.1, -0.05) is 42.5 Å². The first-order chi connectivity index (χ1) is 16.5. The van der Waals surface area contributed by atoms with E-state index in [1.54, 1.807) is 67.6 Å². The highest BCUT2D eigenvalue weighted by Crippen LogP contribution is 2.29. The molecule has 1 atom stereocenters. The predicted molar refractivity (Wildman–Crippen MR) is 134 cm³/mol. The Morgan fingerprint density at radius 1 is 0.914 bits per heavy atom. The zero-order valence-corrected chi connectivity index (χ0v) is 20.9. The molecule has 1 unspecified atom stereocenters. The molecular formula is C25H24N2O6S2. The van der Waals surface area contributed by atoms with Crippen LogP contribution in [0.3, 0.4) is 0 Å². The van der Waals surface area contributed by atoms with Gasteiger partial charge in [-0.3, -0.25) is 4.79 Å². The second-order valence-corrected chi connectivity index (χ2v) is 11.7. The number of para-hydroxylation sites is 1. The topological polar surface area (TPSA) is 112 Å². The van der Waals surface area contributed by atoms with Gasteiger partial charge in [0, 0.05) is 28.8 Å². The van der Waals surface area contributed by atoms with Crippen LogP contribution in [0, 0.1) is 0 Å². The van der Waals surface area contributed by atoms with E-state index in [1.807, 2.05) is 0 Å². The first-order valence-corrected chi connectivity index (χ1v) is 14.0. The van der Waals surface area contributed by atoms with Crippen LogP contribution >= 0.6 is 0 Å². The maximum Gasteiger partial charge on any atom is 0.268 e. The third kappa shape index (κ3) is 5.00. The molecule has 4 rings (SSSR count). The van der Waals surface area contributed by atoms with Crippen molar-refractivity contribution >= 4 is 36.7 Å². The lowest BCUT2D eigenvalue weighted by molar-refractivity contribution is 0.104. The highest BCUT2D eigenvalue weighted by atomic mass is 32.2. The van der Waals surface area contributed by atoms with E-state index >= 15 is 0 Å². The number of carbonyl (C=O) groups is 1. The van der Waals surface area contributed by atoms with E-state index in [2.05, 4.69) is 4.72 Å². The number of ketones is 1. The molecule has 8 nitrogen and oxygen atoms in total. The molecule has 35 heavy (non-hydrogen) atoms. The molecule has 3 aromatic carbocycles. The van der Waals surface area contributed by atoms with Gasteiger partial charge >= 0.3 is 0 Å². The first kappa shape index (κ1) is 24.6. The third-order valence-electron chi connectivity index (χ3n) is 5.60. The van der Waals surface area contributed by atoms with Crippen molar-refractivity contribution < 1.29 is 26.4 Å². The first-order valence-electron chi connectivity index (χ1n) is 10.6. The Bertz CT molecular complexity index is 1610. The van der Waals surface area contributed by atoms with Crippen LogP contribution in [-0.4, -0.2) is 40.0 Å². The van der Waals surface area contributed by atoms with Crippen molar-refractivity contribution in [2.75, 3.05) is 13.4 Å². The molecule has 0 saturated heterocycles. The summed E-state index contributed by atoms with van der Waals surface area (Å²) < 4.78 is 58.5. The van der Waals surface area contributed by atoms with Crippen molar-refractivity contribution in [3.05, 3.63) is 95.7 Å². The predicted octanol–water partition coefficient (Wildman–Crippen LogP) is 3.73. The van der Waals surface area contributed by atoms with E-state index in [-0.39, 0.29) is 16.2 Å². The molecule has 0 saturated carbocycles. The van der Waals surface area contributed by atoms with Crippen molar-refractivity contribution in [3.8, 4) is 5.75 Å². The Kier molecular flexibility index (Phi) is 6.54. The van der Waals surface area contributed by atoms with Crippen LogP contribution in [0.5, 0.6) is 5.75 Å². The summed E-state index contributed by atoms with van der Waals surface area (Å²) in [4.78, 5) is 13.5. The summed E-state index contributed by atoms with van der Waals surface area (Å²) >= 11 is 0. The summed E-state index contributed by atoms with van der Waals surface area (Å²) in [5, 5.41) is 0.505. The highest BCUT2D eigenvalue weighted by molar-refractivity contribution is 7.90. The standard InChI is InChI=1S/C25H24N2O6S2/c1-17(26-34(3,29)30)18-8-10-19(11-9-18)25(28)23-16-27(24-7-5-4-6-22(23)24)35(31,32)21-14-12-20(33-2)13-15-21/h4-17,26H,1-3H3. The lowest BCUT2D eigenvalue weighted by Crippen LogP contribution is -2.25. The fourth-order valence-corrected chi connectivity index (χ4v) is 6.01. The van der Waals surface area contributed by atoms with Gasteiger partial charge in [0.2, 0.25) is 10.0 Å². The third-order valence-corrected chi connectivity index (χ3v) is 8.07. The van der Waals surface area contributed by atoms with Crippen LogP contribution in [0.15, 0.2) is 83.9 Å². The van der Waals surface area contributed by atoms with E-state index in [0.29, 0.717) is 27.8 Å². The van der Waals surface area contributed by atoms with Crippen LogP contribution in [0.1, 0.15) is 34.5 Å². The fraction of sp³-hybridized carbons (Fsp3) is 0.160. The van der Waals surface area contributed by atoms with Crippen molar-refractivity contribution in [2.24, 2.45) is 0 Å². The van der Waals surface area contributed by atoms with Gasteiger partial charge in [-0.05, 0) is 42.8 Å². The number of nitrogens with one attached hydrogen (secondary N) is 1. The molecule has 10 heteroatoms. The SMILES string of the molecule is COc1ccc(S(=O)(=O)n2cc(C(=O)c3ccc(C(C)NS(C)(=O)=O)cc3)c3ccccc32)cc1. The number of fused-ring (bicyclic) bond motifs is 1. The summed E-state index contributed by atoms with van der Waals surface area (Å²) in [5.74, 6) is 0.182. The van der Waals surface area contributed by atoms with E-state index < -0.39 is 26.1 Å². The minimum absolute atomic E-state index is 0.0646. The number of aromatic nitrogens is 1. The monoisotopic (exact) mass is 512 g/mol. The van der Waals surface area contributed by atoms with Gasteiger partial charge in [0.1, 0.15) is 5.75 Å². The van der Waals surface area contributed by atoms with Crippen molar-refractivity contribution in [3.63, 3.8) is 0 Å². The largest absolute Gasteiger partial charge is 0.497 e. The smallest absolute Gasteiger partial charge is 0.268 e. The van der Waals surface area contributed by atoms with Crippen molar-refractivity contribution in [1.29, 1.82) is 0 Å². The quantitative estimate of drug-likeness (QED) is 0.360. The van der Waals surface area contributed by atoms with Gasteiger partial charge in [0.15, 0.2) is 5.78 Å². The van der Waals surface area contributed by atoms with Crippen LogP contribution in [0.25, 0.3) is 10.9 Å². The molecule has 1 N–H and O–H groups in total. The number of carbonyl (C=O) groups excluding carboxylic acids is 1. The zero-order valence-electron chi connectivity index (χ0n) is 19.3. The van der Waals surface area contributed by atoms with Gasteiger partial charge in [-0.2, -0.15) is 0 Å². The van der Waals surface area contributed by atoms with Crippen LogP contribution in [0.4, 0.5) is 0 Å². The zero-order chi connectivity index (χ0) is 25.4. The molecule has 0 fully saturated rings. The Morgan fingerprint density at radius 3 is 2.14 bits per heavy atom. The Labute approximate surface area is 204 Å². The number of rotatable bonds is 8. The lowest BCUT2D eigenvalue weighted by Gasteiger charge is -2.12. The highest BCUT2D eigenvalue weighted by Gasteiger charge is 2.24. The van der Waals surface area contributed by atoms with Crippen LogP contribution in [-0.2, 0) is 20.0 Å². The van der Waals surface area contributed by atoms with Crippen molar-refractivity contribution in [1.82, 2.24) is 8.69 Å². The number of hydrogen-bond acceptors (Lipinski definition) is 6. The van der Waals surface area contributed by atoms with Gasteiger partial charge in [-0.25, -0.2) is 25.5 Å². The summed E-state index contributed by atoms with van der Waals surface area (Å²) in [6.45, 7) is 1.70. The Hall–Kier alpha value is -3.47. The second-order valence-electron chi connectivity index (χ2n) is 8.10. The molecule has 0 bridgehead atoms. The number of nitrogens with zero attached hydrogens (tertiary/aromatic N) is 1. The number of sulfonamides is 1. The minimum Gasteiger partial charge on any atom is -0.497 e. The number of ether oxygens (including phenoxy) is 1. The van der Waals surface area contributed by atoms with Gasteiger partial charge < -0.3 is 4.74 Å². The molecule has 4 aromatic rings. The molecule has 1 heterocycles. The maximum atomic E-state index is 13.4. The molecule has 0 spiro atoms. The molecule has 0 amide bonds. The average Bonchev–Trinajstić information content (AvgIpc) is 3.23. The molecule has 0 aliphatic rings. The molecule has 0 aliphatic heterocycles. The number of benzene rings is 3. The van der Waals surface area contributed by atoms with Gasteiger partial charge in [0.25, 0.3) is 10.0 Å². The summed E-state index contributed by atoms with van der Waals surface area (Å²) in [7, 11) is -5.87. The summed E-state index contributed by atoms with van der Waals surface area (Å²) in [6, 6.07) is 18.9. The number of methoxy groups -OCH3 is 1. The Balaban J connectivity index is 1.73. The molecule has 1 aromatic heterocycles. The van der Waals surface area contributed by atoms with E-state index in [0.717, 1.165) is 10.2 Å². The van der Waals surface area contributed by atoms with Gasteiger partial charge in [-0.15, -0.1) is 0 Å². The van der Waals surface area contributed by atoms with E-state index in [9.17, 15) is 21.6 Å². The molecule has 0 aliphatic carbocycles. The Morgan fingerprint density at radius 2 is 1.54 bits per heavy atom. The normalized spacial score (nSPS) is 13.0. The average molecular weight is 513 g/mol. The van der Waals surface area contributed by atoms with Gasteiger partial charge in [0.05, 0.1) is 23.8 Å². The van der Waals surface area contributed by atoms with E-state index in [4.69, 9.17) is 4.74 Å². The second kappa shape index (κ2) is 9.29. The van der Waals surface area contributed by atoms with E-state index in [1.165, 1.54) is 25.4 Å². The molecular weight excluding hydrogens is 488 g/mol. The summed E-state index contributed by atoms with van der Waals surface area (Å²) in [5.41, 5.74) is 1.67. The van der Waals surface area contributed by atoms with Crippen LogP contribution in [0.2, 0.25) is 0 Å².